The number of hydrogen-bond donors (Lipinski definition) is 3. The van der Waals surface area contributed by atoms with Crippen molar-refractivity contribution in [2.75, 3.05) is 5.32 Å². The monoisotopic (exact) mass is 286 g/mol. The molecule has 1 heterocycles. The van der Waals surface area contributed by atoms with Gasteiger partial charge in [0.15, 0.2) is 0 Å². The molecule has 1 aromatic carbocycles. The van der Waals surface area contributed by atoms with Crippen LogP contribution in [0.2, 0.25) is 0 Å². The van der Waals surface area contributed by atoms with Crippen LogP contribution in [0.1, 0.15) is 32.6 Å². The highest BCUT2D eigenvalue weighted by molar-refractivity contribution is 5.61. The Bertz CT molecular complexity index is 607. The summed E-state index contributed by atoms with van der Waals surface area (Å²) in [6, 6.07) is 11.3. The Balaban J connectivity index is 1.88. The number of anilines is 1. The van der Waals surface area contributed by atoms with E-state index in [1.165, 1.54) is 23.8 Å². The van der Waals surface area contributed by atoms with Gasteiger partial charge in [0, 0.05) is 12.1 Å². The van der Waals surface area contributed by atoms with E-state index in [2.05, 4.69) is 12.2 Å². The summed E-state index contributed by atoms with van der Waals surface area (Å²) >= 11 is 0. The SMILES string of the molecule is C[C@H]1CCCC[C@@H]1Nc1cc(O)n(-c2ccccc2)c1O. The summed E-state index contributed by atoms with van der Waals surface area (Å²) in [6.07, 6.45) is 4.82. The molecule has 3 N–H and O–H groups in total. The quantitative estimate of drug-likeness (QED) is 0.802. The Morgan fingerprint density at radius 3 is 2.52 bits per heavy atom. The summed E-state index contributed by atoms with van der Waals surface area (Å²) in [5, 5.41) is 23.9. The predicted octanol–water partition coefficient (Wildman–Crippen LogP) is 3.88. The second-order valence-corrected chi connectivity index (χ2v) is 5.92. The summed E-state index contributed by atoms with van der Waals surface area (Å²) < 4.78 is 1.45. The van der Waals surface area contributed by atoms with Crippen molar-refractivity contribution in [3.05, 3.63) is 36.4 Å². The van der Waals surface area contributed by atoms with Crippen LogP contribution in [-0.4, -0.2) is 20.8 Å². The second kappa shape index (κ2) is 5.72. The maximum Gasteiger partial charge on any atom is 0.222 e. The summed E-state index contributed by atoms with van der Waals surface area (Å²) in [5.41, 5.74) is 1.35. The fraction of sp³-hybridized carbons (Fsp3) is 0.412. The summed E-state index contributed by atoms with van der Waals surface area (Å²) in [6.45, 7) is 2.24. The molecule has 2 atom stereocenters. The van der Waals surface area contributed by atoms with Gasteiger partial charge in [0.05, 0.1) is 5.69 Å². The van der Waals surface area contributed by atoms with Crippen molar-refractivity contribution < 1.29 is 10.2 Å². The predicted molar refractivity (Wildman–Crippen MR) is 84.1 cm³/mol. The normalized spacial score (nSPS) is 22.1. The van der Waals surface area contributed by atoms with Gasteiger partial charge in [0.1, 0.15) is 5.69 Å². The highest BCUT2D eigenvalue weighted by atomic mass is 16.3. The van der Waals surface area contributed by atoms with Crippen molar-refractivity contribution in [3.8, 4) is 17.4 Å². The van der Waals surface area contributed by atoms with Crippen LogP contribution in [0.5, 0.6) is 11.8 Å². The molecule has 1 fully saturated rings. The van der Waals surface area contributed by atoms with Crippen LogP contribution in [0.25, 0.3) is 5.69 Å². The zero-order valence-corrected chi connectivity index (χ0v) is 12.3. The van der Waals surface area contributed by atoms with Crippen molar-refractivity contribution >= 4 is 5.69 Å². The smallest absolute Gasteiger partial charge is 0.222 e. The molecule has 1 saturated carbocycles. The van der Waals surface area contributed by atoms with Crippen molar-refractivity contribution in [2.45, 2.75) is 38.6 Å². The molecule has 0 bridgehead atoms. The van der Waals surface area contributed by atoms with Crippen LogP contribution in [-0.2, 0) is 0 Å². The first kappa shape index (κ1) is 13.9. The number of nitrogens with one attached hydrogen (secondary N) is 1. The lowest BCUT2D eigenvalue weighted by Gasteiger charge is -2.30. The van der Waals surface area contributed by atoms with E-state index in [-0.39, 0.29) is 11.8 Å². The molecule has 2 aromatic rings. The van der Waals surface area contributed by atoms with Crippen molar-refractivity contribution in [1.82, 2.24) is 4.57 Å². The molecule has 0 radical (unpaired) electrons. The minimum Gasteiger partial charge on any atom is -0.494 e. The van der Waals surface area contributed by atoms with Crippen LogP contribution < -0.4 is 5.32 Å². The van der Waals surface area contributed by atoms with E-state index in [0.717, 1.165) is 12.1 Å². The molecule has 0 saturated heterocycles. The van der Waals surface area contributed by atoms with Gasteiger partial charge in [0.2, 0.25) is 11.8 Å². The topological polar surface area (TPSA) is 57.4 Å². The first-order valence-electron chi connectivity index (χ1n) is 7.62. The van der Waals surface area contributed by atoms with Crippen LogP contribution in [0.15, 0.2) is 36.4 Å². The Morgan fingerprint density at radius 1 is 1.10 bits per heavy atom. The third-order valence-corrected chi connectivity index (χ3v) is 4.42. The summed E-state index contributed by atoms with van der Waals surface area (Å²) in [5.74, 6) is 0.696. The van der Waals surface area contributed by atoms with Crippen molar-refractivity contribution in [1.29, 1.82) is 0 Å². The van der Waals surface area contributed by atoms with Gasteiger partial charge in [0.25, 0.3) is 0 Å². The summed E-state index contributed by atoms with van der Waals surface area (Å²) in [4.78, 5) is 0. The molecule has 0 amide bonds. The molecule has 3 rings (SSSR count). The van der Waals surface area contributed by atoms with Gasteiger partial charge < -0.3 is 15.5 Å². The van der Waals surface area contributed by atoms with Crippen molar-refractivity contribution in [3.63, 3.8) is 0 Å². The lowest BCUT2D eigenvalue weighted by Crippen LogP contribution is -2.30. The average molecular weight is 286 g/mol. The molecule has 112 valence electrons. The lowest BCUT2D eigenvalue weighted by atomic mass is 9.86. The number of rotatable bonds is 3. The van der Waals surface area contributed by atoms with E-state index in [1.807, 2.05) is 30.3 Å². The molecule has 1 aliphatic rings. The first-order valence-corrected chi connectivity index (χ1v) is 7.62. The van der Waals surface area contributed by atoms with Gasteiger partial charge in [-0.25, -0.2) is 4.57 Å². The van der Waals surface area contributed by atoms with E-state index in [0.29, 0.717) is 17.6 Å². The van der Waals surface area contributed by atoms with Crippen LogP contribution in [0.4, 0.5) is 5.69 Å². The lowest BCUT2D eigenvalue weighted by molar-refractivity contribution is 0.348. The molecule has 1 aliphatic carbocycles. The number of benzene rings is 1. The standard InChI is InChI=1S/C17H22N2O2/c1-12-7-5-6-10-14(12)18-15-11-16(20)19(17(15)21)13-8-3-2-4-9-13/h2-4,8-9,11-12,14,18,20-21H,5-7,10H2,1H3/t12-,14-/m0/s1. The Labute approximate surface area is 125 Å². The largest absolute Gasteiger partial charge is 0.494 e. The van der Waals surface area contributed by atoms with Crippen LogP contribution in [0, 0.1) is 5.92 Å². The minimum atomic E-state index is 0.0460. The Kier molecular flexibility index (Phi) is 3.78. The fourth-order valence-electron chi connectivity index (χ4n) is 3.16. The molecule has 0 aliphatic heterocycles. The first-order chi connectivity index (χ1) is 10.2. The zero-order valence-electron chi connectivity index (χ0n) is 12.3. The highest BCUT2D eigenvalue weighted by Crippen LogP contribution is 2.37. The van der Waals surface area contributed by atoms with Crippen molar-refractivity contribution in [2.24, 2.45) is 5.92 Å². The van der Waals surface area contributed by atoms with Gasteiger partial charge in [-0.3, -0.25) is 0 Å². The van der Waals surface area contributed by atoms with Crippen LogP contribution in [0.3, 0.4) is 0 Å². The third kappa shape index (κ3) is 2.71. The van der Waals surface area contributed by atoms with E-state index in [9.17, 15) is 10.2 Å². The number of hydrogen-bond acceptors (Lipinski definition) is 3. The van der Waals surface area contributed by atoms with Gasteiger partial charge in [-0.15, -0.1) is 0 Å². The van der Waals surface area contributed by atoms with Crippen LogP contribution >= 0.6 is 0 Å². The Hall–Kier alpha value is -2.10. The Morgan fingerprint density at radius 2 is 1.81 bits per heavy atom. The van der Waals surface area contributed by atoms with E-state index < -0.39 is 0 Å². The second-order valence-electron chi connectivity index (χ2n) is 5.92. The van der Waals surface area contributed by atoms with E-state index in [4.69, 9.17) is 0 Å². The molecular formula is C17H22N2O2. The van der Waals surface area contributed by atoms with Gasteiger partial charge in [-0.1, -0.05) is 38.0 Å². The molecule has 4 heteroatoms. The molecule has 21 heavy (non-hydrogen) atoms. The van der Waals surface area contributed by atoms with Gasteiger partial charge in [-0.2, -0.15) is 0 Å². The number of para-hydroxylation sites is 1. The fourth-order valence-corrected chi connectivity index (χ4v) is 3.16. The number of aromatic nitrogens is 1. The average Bonchev–Trinajstić information content (AvgIpc) is 2.77. The maximum atomic E-state index is 10.4. The molecule has 0 spiro atoms. The van der Waals surface area contributed by atoms with E-state index >= 15 is 0 Å². The van der Waals surface area contributed by atoms with E-state index in [1.54, 1.807) is 6.07 Å². The van der Waals surface area contributed by atoms with Gasteiger partial charge in [-0.05, 0) is 30.9 Å². The third-order valence-electron chi connectivity index (χ3n) is 4.42. The molecule has 1 aromatic heterocycles. The van der Waals surface area contributed by atoms with Gasteiger partial charge >= 0.3 is 0 Å². The number of aromatic hydroxyl groups is 2. The zero-order chi connectivity index (χ0) is 14.8. The minimum absolute atomic E-state index is 0.0460. The molecule has 4 nitrogen and oxygen atoms in total. The molecular weight excluding hydrogens is 264 g/mol. The summed E-state index contributed by atoms with van der Waals surface area (Å²) in [7, 11) is 0. The molecule has 0 unspecified atom stereocenters. The highest BCUT2D eigenvalue weighted by Gasteiger charge is 2.24. The number of nitrogens with zero attached hydrogens (tertiary/aromatic N) is 1. The maximum absolute atomic E-state index is 10.4.